The number of ether oxygens (including phenoxy) is 3. The predicted octanol–water partition coefficient (Wildman–Crippen LogP) is 2.55. The Labute approximate surface area is 208 Å². The van der Waals surface area contributed by atoms with Crippen molar-refractivity contribution in [2.24, 2.45) is 17.6 Å². The third-order valence-electron chi connectivity index (χ3n) is 7.48. The molecule has 3 saturated heterocycles. The van der Waals surface area contributed by atoms with Gasteiger partial charge in [-0.25, -0.2) is 0 Å². The molecule has 1 spiro atoms. The highest BCUT2D eigenvalue weighted by Gasteiger charge is 2.56. The summed E-state index contributed by atoms with van der Waals surface area (Å²) < 4.78 is 18.2. The van der Waals surface area contributed by atoms with Crippen molar-refractivity contribution in [3.05, 3.63) is 36.0 Å². The Bertz CT molecular complexity index is 847. The molecule has 3 aliphatic rings. The molecule has 3 rings (SSSR count). The lowest BCUT2D eigenvalue weighted by Gasteiger charge is -2.39. The average Bonchev–Trinajstić information content (AvgIpc) is 3.54. The number of epoxide rings is 1. The second-order valence-electron chi connectivity index (χ2n) is 10.6. The standard InChI is InChI=1S/C27H42N2O6/c1-16(7-10-24-19(4)27(15-33-27)14-21(35-24)13-25(28)31)6-9-23-17(2)12-22(20(5)34-23)29-26(32)11-8-18(3)30/h6-8,10-11,17-24,30H,9,12-15H2,1-5H3,(H2,28,31)(H,29,32)/b10-7+,11-8-,16-6+/t17-,18-,19+,20+,21+,22+,23-,24+,27+/m0/s1. The summed E-state index contributed by atoms with van der Waals surface area (Å²) >= 11 is 0. The molecule has 196 valence electrons. The molecule has 0 aromatic carbocycles. The van der Waals surface area contributed by atoms with Crippen LogP contribution in [0, 0.1) is 11.8 Å². The van der Waals surface area contributed by atoms with Crippen LogP contribution in [0.2, 0.25) is 0 Å². The topological polar surface area (TPSA) is 123 Å². The molecule has 0 aliphatic carbocycles. The normalized spacial score (nSPS) is 38.7. The van der Waals surface area contributed by atoms with Crippen LogP contribution in [0.3, 0.4) is 0 Å². The molecule has 3 fully saturated rings. The number of rotatable bonds is 9. The SMILES string of the molecule is CC(/C=C/[C@H]1O[C@H](CC(N)=O)C[C@@]2(CO2)[C@@H]1C)=C\C[C@@H]1O[C@H](C)[C@H](NC(=O)/C=C\[C@H](C)O)C[C@@H]1C. The van der Waals surface area contributed by atoms with Crippen LogP contribution in [0.15, 0.2) is 36.0 Å². The molecule has 3 heterocycles. The average molecular weight is 491 g/mol. The van der Waals surface area contributed by atoms with Crippen LogP contribution >= 0.6 is 0 Å². The van der Waals surface area contributed by atoms with E-state index >= 15 is 0 Å². The largest absolute Gasteiger partial charge is 0.389 e. The number of nitrogens with one attached hydrogen (secondary N) is 1. The van der Waals surface area contributed by atoms with Gasteiger partial charge in [0.25, 0.3) is 0 Å². The van der Waals surface area contributed by atoms with Gasteiger partial charge in [-0.15, -0.1) is 0 Å². The molecule has 9 atom stereocenters. The van der Waals surface area contributed by atoms with E-state index in [1.807, 2.05) is 6.92 Å². The van der Waals surface area contributed by atoms with E-state index in [-0.39, 0.29) is 66.1 Å². The van der Waals surface area contributed by atoms with Gasteiger partial charge in [-0.1, -0.05) is 43.7 Å². The quantitative estimate of drug-likeness (QED) is 0.259. The van der Waals surface area contributed by atoms with Gasteiger partial charge in [0.05, 0.1) is 55.2 Å². The van der Waals surface area contributed by atoms with E-state index in [1.165, 1.54) is 12.2 Å². The fourth-order valence-electron chi connectivity index (χ4n) is 5.08. The zero-order chi connectivity index (χ0) is 25.8. The smallest absolute Gasteiger partial charge is 0.244 e. The molecular weight excluding hydrogens is 448 g/mol. The molecule has 3 aliphatic heterocycles. The first-order valence-corrected chi connectivity index (χ1v) is 12.7. The predicted molar refractivity (Wildman–Crippen MR) is 133 cm³/mol. The second kappa shape index (κ2) is 11.8. The molecule has 0 unspecified atom stereocenters. The molecule has 8 heteroatoms. The maximum atomic E-state index is 12.1. The zero-order valence-electron chi connectivity index (χ0n) is 21.6. The Balaban J connectivity index is 1.52. The zero-order valence-corrected chi connectivity index (χ0v) is 21.6. The molecule has 2 amide bonds. The van der Waals surface area contributed by atoms with E-state index in [1.54, 1.807) is 6.92 Å². The summed E-state index contributed by atoms with van der Waals surface area (Å²) in [4.78, 5) is 23.5. The summed E-state index contributed by atoms with van der Waals surface area (Å²) in [5.74, 6) is -0.0734. The number of amides is 2. The Hall–Kier alpha value is -2.00. The maximum absolute atomic E-state index is 12.1. The first-order chi connectivity index (χ1) is 16.5. The second-order valence-corrected chi connectivity index (χ2v) is 10.6. The van der Waals surface area contributed by atoms with Crippen molar-refractivity contribution in [2.75, 3.05) is 6.61 Å². The van der Waals surface area contributed by atoms with E-state index < -0.39 is 6.10 Å². The van der Waals surface area contributed by atoms with Crippen LogP contribution in [-0.4, -0.2) is 65.7 Å². The van der Waals surface area contributed by atoms with E-state index in [2.05, 4.69) is 44.3 Å². The molecule has 8 nitrogen and oxygen atoms in total. The number of nitrogens with two attached hydrogens (primary N) is 1. The molecular formula is C27H42N2O6. The molecule has 35 heavy (non-hydrogen) atoms. The number of aliphatic hydroxyl groups excluding tert-OH is 1. The summed E-state index contributed by atoms with van der Waals surface area (Å²) in [5.41, 5.74) is 6.32. The van der Waals surface area contributed by atoms with Crippen LogP contribution in [0.4, 0.5) is 0 Å². The van der Waals surface area contributed by atoms with Crippen molar-refractivity contribution in [3.63, 3.8) is 0 Å². The van der Waals surface area contributed by atoms with E-state index in [0.717, 1.165) is 18.4 Å². The Morgan fingerprint density at radius 1 is 1.23 bits per heavy atom. The minimum Gasteiger partial charge on any atom is -0.389 e. The highest BCUT2D eigenvalue weighted by atomic mass is 16.6. The highest BCUT2D eigenvalue weighted by molar-refractivity contribution is 5.87. The number of primary amides is 1. The minimum atomic E-state index is -0.652. The monoisotopic (exact) mass is 490 g/mol. The van der Waals surface area contributed by atoms with E-state index in [0.29, 0.717) is 13.0 Å². The lowest BCUT2D eigenvalue weighted by Crippen LogP contribution is -2.50. The third-order valence-corrected chi connectivity index (χ3v) is 7.48. The molecule has 0 aromatic rings. The summed E-state index contributed by atoms with van der Waals surface area (Å²) in [7, 11) is 0. The fourth-order valence-corrected chi connectivity index (χ4v) is 5.08. The first-order valence-electron chi connectivity index (χ1n) is 12.7. The Morgan fingerprint density at radius 3 is 2.57 bits per heavy atom. The van der Waals surface area contributed by atoms with Crippen LogP contribution in [0.25, 0.3) is 0 Å². The van der Waals surface area contributed by atoms with E-state index in [4.69, 9.17) is 19.9 Å². The van der Waals surface area contributed by atoms with E-state index in [9.17, 15) is 14.7 Å². The van der Waals surface area contributed by atoms with Crippen LogP contribution in [0.5, 0.6) is 0 Å². The van der Waals surface area contributed by atoms with Crippen LogP contribution < -0.4 is 11.1 Å². The number of carbonyl (C=O) groups is 2. The van der Waals surface area contributed by atoms with Crippen molar-refractivity contribution in [1.82, 2.24) is 5.32 Å². The maximum Gasteiger partial charge on any atom is 0.244 e. The van der Waals surface area contributed by atoms with Crippen LogP contribution in [-0.2, 0) is 23.8 Å². The van der Waals surface area contributed by atoms with Gasteiger partial charge < -0.3 is 30.4 Å². The minimum absolute atomic E-state index is 0.0624. The van der Waals surface area contributed by atoms with Gasteiger partial charge in [-0.3, -0.25) is 9.59 Å². The number of carbonyl (C=O) groups excluding carboxylic acids is 2. The van der Waals surface area contributed by atoms with Crippen LogP contribution in [0.1, 0.15) is 60.3 Å². The van der Waals surface area contributed by atoms with Gasteiger partial charge >= 0.3 is 0 Å². The van der Waals surface area contributed by atoms with Gasteiger partial charge in [0.1, 0.15) is 0 Å². The van der Waals surface area contributed by atoms with Crippen molar-refractivity contribution in [2.45, 2.75) is 102 Å². The summed E-state index contributed by atoms with van der Waals surface area (Å²) in [6.07, 6.45) is 10.7. The number of hydrogen-bond donors (Lipinski definition) is 3. The first kappa shape index (κ1) is 27.6. The van der Waals surface area contributed by atoms with Gasteiger partial charge in [0.2, 0.25) is 11.8 Å². The van der Waals surface area contributed by atoms with Gasteiger partial charge in [-0.2, -0.15) is 0 Å². The third kappa shape index (κ3) is 7.74. The number of allylic oxidation sites excluding steroid dienone is 2. The molecule has 0 bridgehead atoms. The Morgan fingerprint density at radius 2 is 1.94 bits per heavy atom. The summed E-state index contributed by atoms with van der Waals surface area (Å²) in [6, 6.07) is -0.0624. The van der Waals surface area contributed by atoms with Crippen molar-refractivity contribution in [3.8, 4) is 0 Å². The van der Waals surface area contributed by atoms with Gasteiger partial charge in [0.15, 0.2) is 0 Å². The molecule has 0 saturated carbocycles. The van der Waals surface area contributed by atoms with Crippen molar-refractivity contribution in [1.29, 1.82) is 0 Å². The lowest BCUT2D eigenvalue weighted by atomic mass is 9.81. The van der Waals surface area contributed by atoms with Crippen molar-refractivity contribution >= 4 is 11.8 Å². The molecule has 0 aromatic heterocycles. The highest BCUT2D eigenvalue weighted by Crippen LogP contribution is 2.47. The Kier molecular flexibility index (Phi) is 9.32. The molecule has 0 radical (unpaired) electrons. The lowest BCUT2D eigenvalue weighted by molar-refractivity contribution is -0.128. The summed E-state index contributed by atoms with van der Waals surface area (Å²) in [6.45, 7) is 10.6. The molecule has 4 N–H and O–H groups in total. The number of aliphatic hydroxyl groups is 1. The van der Waals surface area contributed by atoms with Crippen molar-refractivity contribution < 1.29 is 28.9 Å². The number of hydrogen-bond acceptors (Lipinski definition) is 6. The van der Waals surface area contributed by atoms with Gasteiger partial charge in [0, 0.05) is 18.4 Å². The summed E-state index contributed by atoms with van der Waals surface area (Å²) in [5, 5.41) is 12.3. The fraction of sp³-hybridized carbons (Fsp3) is 0.704. The van der Waals surface area contributed by atoms with Gasteiger partial charge in [-0.05, 0) is 39.5 Å².